The molecule has 10 heteroatoms. The zero-order chi connectivity index (χ0) is 16.2. The Balaban J connectivity index is 0.00000264. The summed E-state index contributed by atoms with van der Waals surface area (Å²) in [5, 5.41) is 9.47. The van der Waals surface area contributed by atoms with E-state index in [-0.39, 0.29) is 30.5 Å². The molecule has 2 rings (SSSR count). The number of rotatable bonds is 4. The van der Waals surface area contributed by atoms with Gasteiger partial charge in [-0.15, -0.1) is 46.7 Å². The smallest absolute Gasteiger partial charge is 0.352 e. The number of guanidine groups is 1. The summed E-state index contributed by atoms with van der Waals surface area (Å²) in [5.74, 6) is 0.525. The van der Waals surface area contributed by atoms with E-state index in [0.29, 0.717) is 17.5 Å². The van der Waals surface area contributed by atoms with Crippen molar-refractivity contribution in [1.82, 2.24) is 15.6 Å². The molecule has 2 heterocycles. The van der Waals surface area contributed by atoms with Gasteiger partial charge >= 0.3 is 6.18 Å². The van der Waals surface area contributed by atoms with Crippen molar-refractivity contribution in [2.75, 3.05) is 7.05 Å². The molecule has 0 aliphatic carbocycles. The maximum Gasteiger partial charge on any atom is 0.434 e. The number of hydrogen-bond acceptors (Lipinski definition) is 4. The predicted octanol–water partition coefficient (Wildman–Crippen LogP) is 4.02. The zero-order valence-corrected chi connectivity index (χ0v) is 16.4. The zero-order valence-electron chi connectivity index (χ0n) is 12.4. The van der Waals surface area contributed by atoms with E-state index >= 15 is 0 Å². The average Bonchev–Trinajstić information content (AvgIpc) is 3.08. The molecule has 0 saturated heterocycles. The first-order valence-corrected chi connectivity index (χ1v) is 8.15. The molecule has 0 fully saturated rings. The Morgan fingerprint density at radius 2 is 1.96 bits per heavy atom. The fraction of sp³-hybridized carbons (Fsp3) is 0.385. The van der Waals surface area contributed by atoms with Gasteiger partial charge in [-0.2, -0.15) is 13.2 Å². The van der Waals surface area contributed by atoms with Crippen molar-refractivity contribution < 1.29 is 13.2 Å². The quantitative estimate of drug-likeness (QED) is 0.399. The predicted molar refractivity (Wildman–Crippen MR) is 98.6 cm³/mol. The lowest BCUT2D eigenvalue weighted by Crippen LogP contribution is -2.36. The second kappa shape index (κ2) is 8.83. The number of nitrogens with one attached hydrogen (secondary N) is 2. The molecule has 0 saturated carbocycles. The van der Waals surface area contributed by atoms with Crippen molar-refractivity contribution in [3.8, 4) is 0 Å². The number of hydrogen-bond donors (Lipinski definition) is 2. The summed E-state index contributed by atoms with van der Waals surface area (Å²) in [7, 11) is 1.61. The van der Waals surface area contributed by atoms with Crippen LogP contribution in [0, 0.1) is 6.92 Å². The van der Waals surface area contributed by atoms with Crippen molar-refractivity contribution in [2.45, 2.75) is 26.2 Å². The van der Waals surface area contributed by atoms with Crippen LogP contribution in [-0.4, -0.2) is 18.0 Å². The third kappa shape index (κ3) is 5.92. The van der Waals surface area contributed by atoms with E-state index in [2.05, 4.69) is 20.6 Å². The van der Waals surface area contributed by atoms with E-state index < -0.39 is 11.9 Å². The van der Waals surface area contributed by atoms with Crippen LogP contribution >= 0.6 is 46.7 Å². The van der Waals surface area contributed by atoms with Crippen LogP contribution in [0.4, 0.5) is 13.2 Å². The highest BCUT2D eigenvalue weighted by molar-refractivity contribution is 14.0. The van der Waals surface area contributed by atoms with E-state index in [0.717, 1.165) is 16.7 Å². The van der Waals surface area contributed by atoms with E-state index in [1.807, 2.05) is 18.4 Å². The van der Waals surface area contributed by atoms with Gasteiger partial charge in [0.2, 0.25) is 0 Å². The highest BCUT2D eigenvalue weighted by Gasteiger charge is 2.33. The number of aromatic nitrogens is 1. The normalized spacial score (nSPS) is 12.0. The average molecular weight is 476 g/mol. The molecular weight excluding hydrogens is 460 g/mol. The first kappa shape index (κ1) is 20.2. The molecular formula is C13H16F3IN4S2. The summed E-state index contributed by atoms with van der Waals surface area (Å²) in [6, 6.07) is 2.03. The van der Waals surface area contributed by atoms with Gasteiger partial charge in [0.25, 0.3) is 0 Å². The molecule has 0 amide bonds. The van der Waals surface area contributed by atoms with Gasteiger partial charge in [-0.1, -0.05) is 0 Å². The van der Waals surface area contributed by atoms with Crippen LogP contribution in [0.25, 0.3) is 0 Å². The fourth-order valence-electron chi connectivity index (χ4n) is 1.65. The standard InChI is InChI=1S/C13H15F3N4S2.HI/c1-8-3-4-21-9(8)5-18-12(17-2)19-6-11-20-10(7-22-11)13(14,15)16;/h3-4,7H,5-6H2,1-2H3,(H2,17,18,19);1H. The Bertz CT molecular complexity index is 652. The second-order valence-electron chi connectivity index (χ2n) is 4.43. The highest BCUT2D eigenvalue weighted by Crippen LogP contribution is 2.29. The second-order valence-corrected chi connectivity index (χ2v) is 6.37. The lowest BCUT2D eigenvalue weighted by Gasteiger charge is -2.10. The molecule has 0 aliphatic heterocycles. The lowest BCUT2D eigenvalue weighted by molar-refractivity contribution is -0.140. The monoisotopic (exact) mass is 476 g/mol. The number of nitrogens with zero attached hydrogens (tertiary/aromatic N) is 2. The Morgan fingerprint density at radius 1 is 1.26 bits per heavy atom. The van der Waals surface area contributed by atoms with Crippen molar-refractivity contribution >= 4 is 52.6 Å². The number of aryl methyl sites for hydroxylation is 1. The number of aliphatic imine (C=N–C) groups is 1. The Hall–Kier alpha value is -0.880. The van der Waals surface area contributed by atoms with Crippen LogP contribution in [-0.2, 0) is 19.3 Å². The van der Waals surface area contributed by atoms with Gasteiger partial charge < -0.3 is 10.6 Å². The summed E-state index contributed by atoms with van der Waals surface area (Å²) >= 11 is 2.61. The van der Waals surface area contributed by atoms with Crippen LogP contribution in [0.3, 0.4) is 0 Å². The van der Waals surface area contributed by atoms with Crippen molar-refractivity contribution in [3.63, 3.8) is 0 Å². The summed E-state index contributed by atoms with van der Waals surface area (Å²) in [6.45, 7) is 2.84. The summed E-state index contributed by atoms with van der Waals surface area (Å²) in [5.41, 5.74) is 0.342. The van der Waals surface area contributed by atoms with Crippen LogP contribution < -0.4 is 10.6 Å². The molecule has 23 heavy (non-hydrogen) atoms. The van der Waals surface area contributed by atoms with Gasteiger partial charge in [-0.05, 0) is 23.9 Å². The Labute approximate surface area is 157 Å². The Morgan fingerprint density at radius 3 is 2.48 bits per heavy atom. The van der Waals surface area contributed by atoms with Gasteiger partial charge in [-0.25, -0.2) is 4.98 Å². The number of alkyl halides is 3. The molecule has 0 unspecified atom stereocenters. The summed E-state index contributed by atoms with van der Waals surface area (Å²) in [4.78, 5) is 8.79. The molecule has 2 aromatic heterocycles. The van der Waals surface area contributed by atoms with Crippen LogP contribution in [0.1, 0.15) is 21.1 Å². The third-order valence-electron chi connectivity index (χ3n) is 2.86. The Kier molecular flexibility index (Phi) is 7.74. The third-order valence-corrected chi connectivity index (χ3v) is 4.73. The molecule has 0 atom stereocenters. The molecule has 0 radical (unpaired) electrons. The van der Waals surface area contributed by atoms with Gasteiger partial charge in [0.05, 0.1) is 13.1 Å². The van der Waals surface area contributed by atoms with E-state index in [4.69, 9.17) is 0 Å². The SMILES string of the molecule is CN=C(NCc1nc(C(F)(F)F)cs1)NCc1sccc1C.I. The number of halogens is 4. The molecule has 128 valence electrons. The molecule has 0 spiro atoms. The molecule has 2 N–H and O–H groups in total. The largest absolute Gasteiger partial charge is 0.434 e. The maximum absolute atomic E-state index is 12.5. The summed E-state index contributed by atoms with van der Waals surface area (Å²) in [6.07, 6.45) is -4.40. The summed E-state index contributed by atoms with van der Waals surface area (Å²) < 4.78 is 37.4. The molecule has 0 aliphatic rings. The first-order valence-electron chi connectivity index (χ1n) is 6.39. The molecule has 0 aromatic carbocycles. The lowest BCUT2D eigenvalue weighted by atomic mass is 10.3. The number of thiophene rings is 1. The van der Waals surface area contributed by atoms with Crippen LogP contribution in [0.2, 0.25) is 0 Å². The van der Waals surface area contributed by atoms with E-state index in [9.17, 15) is 13.2 Å². The van der Waals surface area contributed by atoms with Gasteiger partial charge in [-0.3, -0.25) is 4.99 Å². The van der Waals surface area contributed by atoms with E-state index in [1.165, 1.54) is 10.4 Å². The molecule has 2 aromatic rings. The fourth-order valence-corrected chi connectivity index (χ4v) is 3.24. The minimum Gasteiger partial charge on any atom is -0.352 e. The van der Waals surface area contributed by atoms with Crippen molar-refractivity contribution in [3.05, 3.63) is 38.0 Å². The van der Waals surface area contributed by atoms with Crippen LogP contribution in [0.15, 0.2) is 21.8 Å². The topological polar surface area (TPSA) is 49.3 Å². The van der Waals surface area contributed by atoms with Gasteiger partial charge in [0.1, 0.15) is 5.01 Å². The number of thiazole rings is 1. The van der Waals surface area contributed by atoms with Crippen LogP contribution in [0.5, 0.6) is 0 Å². The van der Waals surface area contributed by atoms with Crippen molar-refractivity contribution in [2.24, 2.45) is 4.99 Å². The van der Waals surface area contributed by atoms with E-state index in [1.54, 1.807) is 18.4 Å². The molecule has 4 nitrogen and oxygen atoms in total. The minimum absolute atomic E-state index is 0. The maximum atomic E-state index is 12.5. The highest BCUT2D eigenvalue weighted by atomic mass is 127. The first-order chi connectivity index (χ1) is 10.4. The van der Waals surface area contributed by atoms with Gasteiger partial charge in [0.15, 0.2) is 11.7 Å². The van der Waals surface area contributed by atoms with Crippen molar-refractivity contribution in [1.29, 1.82) is 0 Å². The minimum atomic E-state index is -4.40. The molecule has 0 bridgehead atoms. The van der Waals surface area contributed by atoms with Gasteiger partial charge in [0, 0.05) is 17.3 Å².